The molecule has 0 aliphatic carbocycles. The summed E-state index contributed by atoms with van der Waals surface area (Å²) in [6.07, 6.45) is 3.59. The van der Waals surface area contributed by atoms with Gasteiger partial charge >= 0.3 is 0 Å². The Morgan fingerprint density at radius 1 is 1.42 bits per heavy atom. The first-order chi connectivity index (χ1) is 11.6. The Balaban J connectivity index is 1.62. The van der Waals surface area contributed by atoms with Crippen molar-refractivity contribution >= 4 is 17.2 Å². The lowest BCUT2D eigenvalue weighted by Crippen LogP contribution is -2.39. The van der Waals surface area contributed by atoms with Crippen LogP contribution in [0.3, 0.4) is 0 Å². The van der Waals surface area contributed by atoms with E-state index in [2.05, 4.69) is 16.9 Å². The maximum atomic E-state index is 12.7. The van der Waals surface area contributed by atoms with Crippen molar-refractivity contribution in [3.8, 4) is 0 Å². The Labute approximate surface area is 146 Å². The molecule has 1 saturated heterocycles. The molecule has 5 nitrogen and oxygen atoms in total. The summed E-state index contributed by atoms with van der Waals surface area (Å²) < 4.78 is 0. The van der Waals surface area contributed by atoms with Crippen molar-refractivity contribution in [1.29, 1.82) is 0 Å². The summed E-state index contributed by atoms with van der Waals surface area (Å²) in [7, 11) is 0. The molecule has 0 spiro atoms. The maximum absolute atomic E-state index is 12.7. The zero-order valence-electron chi connectivity index (χ0n) is 14.1. The van der Waals surface area contributed by atoms with E-state index in [1.54, 1.807) is 6.20 Å². The van der Waals surface area contributed by atoms with Gasteiger partial charge in [0.05, 0.1) is 22.5 Å². The Hall–Kier alpha value is -1.79. The summed E-state index contributed by atoms with van der Waals surface area (Å²) in [6.45, 7) is 5.30. The molecule has 0 bridgehead atoms. The number of thiazole rings is 1. The molecule has 1 aliphatic heterocycles. The fourth-order valence-electron chi connectivity index (χ4n) is 3.16. The standard InChI is InChI=1S/C18H23N3O2S/c1-3-15-20-12(2)17(24-15)18(23)21-10-7-13(8-11-21)16(22)14-6-4-5-9-19-14/h4-6,9,13,16,22H,3,7-8,10-11H2,1-2H3. The number of aliphatic hydroxyl groups excluding tert-OH is 1. The van der Waals surface area contributed by atoms with E-state index in [4.69, 9.17) is 0 Å². The molecular formula is C18H23N3O2S. The van der Waals surface area contributed by atoms with Crippen LogP contribution < -0.4 is 0 Å². The molecule has 3 heterocycles. The SMILES string of the molecule is CCc1nc(C)c(C(=O)N2CCC(C(O)c3ccccn3)CC2)s1. The summed E-state index contributed by atoms with van der Waals surface area (Å²) in [5, 5.41) is 11.5. The second-order valence-electron chi connectivity index (χ2n) is 6.20. The van der Waals surface area contributed by atoms with E-state index in [0.717, 1.165) is 34.8 Å². The van der Waals surface area contributed by atoms with Crippen LogP contribution in [0.25, 0.3) is 0 Å². The molecule has 0 radical (unpaired) electrons. The van der Waals surface area contributed by atoms with Gasteiger partial charge in [0, 0.05) is 19.3 Å². The van der Waals surface area contributed by atoms with Crippen molar-refractivity contribution in [2.45, 2.75) is 39.2 Å². The van der Waals surface area contributed by atoms with Gasteiger partial charge in [0.2, 0.25) is 0 Å². The number of pyridine rings is 1. The number of amides is 1. The lowest BCUT2D eigenvalue weighted by Gasteiger charge is -2.33. The molecule has 0 saturated carbocycles. The summed E-state index contributed by atoms with van der Waals surface area (Å²) >= 11 is 1.50. The van der Waals surface area contributed by atoms with Crippen molar-refractivity contribution in [3.05, 3.63) is 45.7 Å². The number of likely N-dealkylation sites (tertiary alicyclic amines) is 1. The first kappa shape index (κ1) is 17.0. The molecule has 2 aromatic rings. The molecule has 6 heteroatoms. The van der Waals surface area contributed by atoms with Crippen LogP contribution in [-0.4, -0.2) is 39.0 Å². The van der Waals surface area contributed by atoms with E-state index >= 15 is 0 Å². The zero-order chi connectivity index (χ0) is 17.1. The van der Waals surface area contributed by atoms with Gasteiger partial charge < -0.3 is 10.0 Å². The normalized spacial score (nSPS) is 17.0. The maximum Gasteiger partial charge on any atom is 0.265 e. The molecular weight excluding hydrogens is 322 g/mol. The van der Waals surface area contributed by atoms with Crippen LogP contribution in [0, 0.1) is 12.8 Å². The summed E-state index contributed by atoms with van der Waals surface area (Å²) in [5.41, 5.74) is 1.55. The van der Waals surface area contributed by atoms with Gasteiger partial charge in [0.25, 0.3) is 5.91 Å². The van der Waals surface area contributed by atoms with Gasteiger partial charge in [-0.2, -0.15) is 0 Å². The minimum atomic E-state index is -0.555. The highest BCUT2D eigenvalue weighted by molar-refractivity contribution is 7.13. The molecule has 24 heavy (non-hydrogen) atoms. The smallest absolute Gasteiger partial charge is 0.265 e. The molecule has 2 aromatic heterocycles. The molecule has 0 aromatic carbocycles. The number of rotatable bonds is 4. The van der Waals surface area contributed by atoms with E-state index in [0.29, 0.717) is 18.8 Å². The van der Waals surface area contributed by atoms with Crippen LogP contribution >= 0.6 is 11.3 Å². The molecule has 1 amide bonds. The number of carbonyl (C=O) groups excluding carboxylic acids is 1. The van der Waals surface area contributed by atoms with Gasteiger partial charge in [-0.3, -0.25) is 9.78 Å². The fraction of sp³-hybridized carbons (Fsp3) is 0.500. The summed E-state index contributed by atoms with van der Waals surface area (Å²) in [5.74, 6) is 0.230. The van der Waals surface area contributed by atoms with Gasteiger partial charge in [-0.25, -0.2) is 4.98 Å². The minimum absolute atomic E-state index is 0.0791. The monoisotopic (exact) mass is 345 g/mol. The number of aromatic nitrogens is 2. The molecule has 1 N–H and O–H groups in total. The Morgan fingerprint density at radius 3 is 2.75 bits per heavy atom. The van der Waals surface area contributed by atoms with E-state index in [9.17, 15) is 9.90 Å². The van der Waals surface area contributed by atoms with Crippen LogP contribution in [0.4, 0.5) is 0 Å². The van der Waals surface area contributed by atoms with E-state index < -0.39 is 6.10 Å². The number of piperidine rings is 1. The second-order valence-corrected chi connectivity index (χ2v) is 7.29. The molecule has 3 rings (SSSR count). The second kappa shape index (κ2) is 7.40. The highest BCUT2D eigenvalue weighted by Crippen LogP contribution is 2.31. The van der Waals surface area contributed by atoms with Gasteiger partial charge in [-0.1, -0.05) is 13.0 Å². The van der Waals surface area contributed by atoms with Crippen molar-refractivity contribution in [2.75, 3.05) is 13.1 Å². The van der Waals surface area contributed by atoms with E-state index in [1.165, 1.54) is 11.3 Å². The largest absolute Gasteiger partial charge is 0.387 e. The minimum Gasteiger partial charge on any atom is -0.387 e. The number of hydrogen-bond acceptors (Lipinski definition) is 5. The van der Waals surface area contributed by atoms with Crippen molar-refractivity contribution in [2.24, 2.45) is 5.92 Å². The Morgan fingerprint density at radius 2 is 2.17 bits per heavy atom. The van der Waals surface area contributed by atoms with Gasteiger partial charge in [-0.15, -0.1) is 11.3 Å². The lowest BCUT2D eigenvalue weighted by atomic mass is 9.89. The fourth-order valence-corrected chi connectivity index (χ4v) is 4.13. The highest BCUT2D eigenvalue weighted by Gasteiger charge is 2.30. The number of nitrogens with zero attached hydrogens (tertiary/aromatic N) is 3. The Bertz CT molecular complexity index is 694. The van der Waals surface area contributed by atoms with Crippen LogP contribution in [-0.2, 0) is 6.42 Å². The first-order valence-electron chi connectivity index (χ1n) is 8.44. The quantitative estimate of drug-likeness (QED) is 0.925. The number of aliphatic hydroxyl groups is 1. The third-order valence-electron chi connectivity index (χ3n) is 4.60. The third kappa shape index (κ3) is 3.49. The molecule has 128 valence electrons. The molecule has 1 unspecified atom stereocenters. The van der Waals surface area contributed by atoms with Gasteiger partial charge in [0.15, 0.2) is 0 Å². The average molecular weight is 345 g/mol. The van der Waals surface area contributed by atoms with Gasteiger partial charge in [-0.05, 0) is 44.2 Å². The molecule has 1 atom stereocenters. The lowest BCUT2D eigenvalue weighted by molar-refractivity contribution is 0.0450. The highest BCUT2D eigenvalue weighted by atomic mass is 32.1. The van der Waals surface area contributed by atoms with Crippen molar-refractivity contribution in [3.63, 3.8) is 0 Å². The van der Waals surface area contributed by atoms with E-state index in [-0.39, 0.29) is 11.8 Å². The predicted octanol–water partition coefficient (Wildman–Crippen LogP) is 2.99. The van der Waals surface area contributed by atoms with Crippen molar-refractivity contribution in [1.82, 2.24) is 14.9 Å². The van der Waals surface area contributed by atoms with Crippen LogP contribution in [0.15, 0.2) is 24.4 Å². The van der Waals surface area contributed by atoms with Crippen LogP contribution in [0.1, 0.15) is 51.9 Å². The van der Waals surface area contributed by atoms with Gasteiger partial charge in [0.1, 0.15) is 4.88 Å². The number of hydrogen-bond donors (Lipinski definition) is 1. The third-order valence-corrected chi connectivity index (χ3v) is 5.89. The first-order valence-corrected chi connectivity index (χ1v) is 9.26. The number of aryl methyl sites for hydroxylation is 2. The topological polar surface area (TPSA) is 66.3 Å². The van der Waals surface area contributed by atoms with Crippen molar-refractivity contribution < 1.29 is 9.90 Å². The molecule has 1 aliphatic rings. The van der Waals surface area contributed by atoms with Crippen LogP contribution in [0.2, 0.25) is 0 Å². The van der Waals surface area contributed by atoms with E-state index in [1.807, 2.05) is 30.0 Å². The molecule has 1 fully saturated rings. The zero-order valence-corrected chi connectivity index (χ0v) is 14.9. The average Bonchev–Trinajstić information content (AvgIpc) is 3.02. The number of carbonyl (C=O) groups is 1. The predicted molar refractivity (Wildman–Crippen MR) is 94.1 cm³/mol. The van der Waals surface area contributed by atoms with Crippen LogP contribution in [0.5, 0.6) is 0 Å². The summed E-state index contributed by atoms with van der Waals surface area (Å²) in [4.78, 5) is 24.1. The Kier molecular flexibility index (Phi) is 5.26. The summed E-state index contributed by atoms with van der Waals surface area (Å²) in [6, 6.07) is 5.59.